The van der Waals surface area contributed by atoms with Crippen LogP contribution in [0.3, 0.4) is 0 Å². The highest BCUT2D eigenvalue weighted by Gasteiger charge is 2.22. The van der Waals surface area contributed by atoms with Gasteiger partial charge in [0.05, 0.1) is 0 Å². The van der Waals surface area contributed by atoms with Crippen LogP contribution in [0.15, 0.2) is 48.5 Å². The van der Waals surface area contributed by atoms with Gasteiger partial charge in [0, 0.05) is 60.7 Å². The molecular weight excluding hydrogens is 389 g/mol. The van der Waals surface area contributed by atoms with Crippen molar-refractivity contribution in [2.75, 3.05) is 55.6 Å². The van der Waals surface area contributed by atoms with Crippen molar-refractivity contribution < 1.29 is 0 Å². The van der Waals surface area contributed by atoms with Crippen LogP contribution < -0.4 is 9.80 Å². The molecule has 0 unspecified atom stereocenters. The molecule has 4 rings (SSSR count). The number of anilines is 2. The number of piperidine rings is 1. The zero-order valence-corrected chi connectivity index (χ0v) is 17.9. The van der Waals surface area contributed by atoms with E-state index in [0.717, 1.165) is 55.2 Å². The molecule has 0 bridgehead atoms. The summed E-state index contributed by atoms with van der Waals surface area (Å²) in [5.41, 5.74) is 2.60. The Morgan fingerprint density at radius 2 is 1.11 bits per heavy atom. The van der Waals surface area contributed by atoms with Crippen LogP contribution >= 0.6 is 23.2 Å². The molecule has 150 valence electrons. The summed E-state index contributed by atoms with van der Waals surface area (Å²) in [5, 5.41) is 1.62. The summed E-state index contributed by atoms with van der Waals surface area (Å²) in [4.78, 5) is 7.60. The van der Waals surface area contributed by atoms with Gasteiger partial charge in [-0.15, -0.1) is 0 Å². The van der Waals surface area contributed by atoms with Crippen LogP contribution in [-0.4, -0.2) is 50.7 Å². The van der Waals surface area contributed by atoms with E-state index < -0.39 is 0 Å². The van der Waals surface area contributed by atoms with Gasteiger partial charge in [-0.05, 0) is 80.3 Å². The Labute approximate surface area is 178 Å². The summed E-state index contributed by atoms with van der Waals surface area (Å²) >= 11 is 12.0. The predicted molar refractivity (Wildman–Crippen MR) is 121 cm³/mol. The SMILES string of the molecule is Clc1ccc(N2CCC(CCN3CCN(c4ccc(Cl)cc4)CC3)CC2)cc1. The van der Waals surface area contributed by atoms with Crippen LogP contribution in [0.5, 0.6) is 0 Å². The van der Waals surface area contributed by atoms with Gasteiger partial charge < -0.3 is 9.80 Å². The quantitative estimate of drug-likeness (QED) is 0.642. The molecule has 2 aliphatic heterocycles. The van der Waals surface area contributed by atoms with Crippen LogP contribution in [0.1, 0.15) is 19.3 Å². The summed E-state index contributed by atoms with van der Waals surface area (Å²) in [7, 11) is 0. The maximum absolute atomic E-state index is 6.01. The first-order valence-corrected chi connectivity index (χ1v) is 11.2. The maximum atomic E-state index is 6.01. The van der Waals surface area contributed by atoms with Gasteiger partial charge in [0.15, 0.2) is 0 Å². The third kappa shape index (κ3) is 5.14. The second kappa shape index (κ2) is 9.39. The lowest BCUT2D eigenvalue weighted by Gasteiger charge is -2.38. The molecule has 5 heteroatoms. The van der Waals surface area contributed by atoms with Gasteiger partial charge in [0.2, 0.25) is 0 Å². The second-order valence-corrected chi connectivity index (χ2v) is 8.87. The van der Waals surface area contributed by atoms with Crippen LogP contribution in [-0.2, 0) is 0 Å². The van der Waals surface area contributed by atoms with Gasteiger partial charge in [0.25, 0.3) is 0 Å². The van der Waals surface area contributed by atoms with E-state index in [1.165, 1.54) is 37.2 Å². The molecule has 0 atom stereocenters. The Bertz CT molecular complexity index is 666. The molecule has 28 heavy (non-hydrogen) atoms. The highest BCUT2D eigenvalue weighted by atomic mass is 35.5. The Hall–Kier alpha value is -1.42. The summed E-state index contributed by atoms with van der Waals surface area (Å²) < 4.78 is 0. The molecule has 0 aromatic heterocycles. The Morgan fingerprint density at radius 3 is 1.61 bits per heavy atom. The fourth-order valence-electron chi connectivity index (χ4n) is 4.38. The van der Waals surface area contributed by atoms with E-state index in [-0.39, 0.29) is 0 Å². The molecule has 2 fully saturated rings. The van der Waals surface area contributed by atoms with Crippen LogP contribution in [0, 0.1) is 5.92 Å². The summed E-state index contributed by atoms with van der Waals surface area (Å²) in [5.74, 6) is 0.859. The average molecular weight is 418 g/mol. The first-order chi connectivity index (χ1) is 13.7. The molecule has 3 nitrogen and oxygen atoms in total. The van der Waals surface area contributed by atoms with Crippen molar-refractivity contribution in [1.82, 2.24) is 4.90 Å². The lowest BCUT2D eigenvalue weighted by molar-refractivity contribution is 0.228. The fraction of sp³-hybridized carbons (Fsp3) is 0.478. The van der Waals surface area contributed by atoms with Gasteiger partial charge in [0.1, 0.15) is 0 Å². The highest BCUT2D eigenvalue weighted by molar-refractivity contribution is 6.30. The van der Waals surface area contributed by atoms with Gasteiger partial charge in [-0.3, -0.25) is 4.90 Å². The summed E-state index contributed by atoms with van der Waals surface area (Å²) in [6.45, 7) is 8.10. The summed E-state index contributed by atoms with van der Waals surface area (Å²) in [6.07, 6.45) is 3.93. The Kier molecular flexibility index (Phi) is 6.66. The number of rotatable bonds is 5. The number of halogens is 2. The second-order valence-electron chi connectivity index (χ2n) is 8.00. The monoisotopic (exact) mass is 417 g/mol. The van der Waals surface area contributed by atoms with Crippen molar-refractivity contribution in [3.8, 4) is 0 Å². The van der Waals surface area contributed by atoms with Crippen molar-refractivity contribution in [2.24, 2.45) is 5.92 Å². The van der Waals surface area contributed by atoms with E-state index in [0.29, 0.717) is 0 Å². The molecule has 2 aromatic carbocycles. The van der Waals surface area contributed by atoms with Crippen LogP contribution in [0.4, 0.5) is 11.4 Å². The number of hydrogen-bond acceptors (Lipinski definition) is 3. The van der Waals surface area contributed by atoms with Crippen molar-refractivity contribution in [3.05, 3.63) is 58.6 Å². The topological polar surface area (TPSA) is 9.72 Å². The number of nitrogens with zero attached hydrogens (tertiary/aromatic N) is 3. The highest BCUT2D eigenvalue weighted by Crippen LogP contribution is 2.27. The largest absolute Gasteiger partial charge is 0.372 e. The average Bonchev–Trinajstić information content (AvgIpc) is 2.74. The molecule has 0 spiro atoms. The molecule has 0 amide bonds. The van der Waals surface area contributed by atoms with Gasteiger partial charge in [-0.25, -0.2) is 0 Å². The zero-order valence-electron chi connectivity index (χ0n) is 16.4. The Morgan fingerprint density at radius 1 is 0.643 bits per heavy atom. The van der Waals surface area contributed by atoms with E-state index in [9.17, 15) is 0 Å². The van der Waals surface area contributed by atoms with Gasteiger partial charge >= 0.3 is 0 Å². The first-order valence-electron chi connectivity index (χ1n) is 10.4. The molecule has 0 radical (unpaired) electrons. The molecule has 2 aromatic rings. The standard InChI is InChI=1S/C23H29Cl2N3/c24-20-1-5-22(6-2-20)27-13-10-19(11-14-27)9-12-26-15-17-28(18-16-26)23-7-3-21(25)4-8-23/h1-8,19H,9-18H2. The van der Waals surface area contributed by atoms with E-state index >= 15 is 0 Å². The molecule has 2 saturated heterocycles. The number of benzene rings is 2. The smallest absolute Gasteiger partial charge is 0.0407 e. The predicted octanol–water partition coefficient (Wildman–Crippen LogP) is 5.42. The third-order valence-corrected chi connectivity index (χ3v) is 6.73. The first kappa shape index (κ1) is 19.9. The van der Waals surface area contributed by atoms with Crippen molar-refractivity contribution in [1.29, 1.82) is 0 Å². The molecule has 0 aliphatic carbocycles. The van der Waals surface area contributed by atoms with Crippen LogP contribution in [0.2, 0.25) is 10.0 Å². The lowest BCUT2D eigenvalue weighted by atomic mass is 9.93. The molecular formula is C23H29Cl2N3. The van der Waals surface area contributed by atoms with E-state index in [2.05, 4.69) is 39.0 Å². The molecule has 0 saturated carbocycles. The van der Waals surface area contributed by atoms with Crippen LogP contribution in [0.25, 0.3) is 0 Å². The summed E-state index contributed by atoms with van der Waals surface area (Å²) in [6, 6.07) is 16.5. The third-order valence-electron chi connectivity index (χ3n) is 6.22. The van der Waals surface area contributed by atoms with E-state index in [4.69, 9.17) is 23.2 Å². The minimum atomic E-state index is 0.810. The molecule has 2 aliphatic rings. The van der Waals surface area contributed by atoms with Crippen molar-refractivity contribution in [3.63, 3.8) is 0 Å². The van der Waals surface area contributed by atoms with Gasteiger partial charge in [-0.1, -0.05) is 23.2 Å². The number of piperazine rings is 1. The number of hydrogen-bond donors (Lipinski definition) is 0. The van der Waals surface area contributed by atoms with Crippen molar-refractivity contribution in [2.45, 2.75) is 19.3 Å². The van der Waals surface area contributed by atoms with Gasteiger partial charge in [-0.2, -0.15) is 0 Å². The minimum absolute atomic E-state index is 0.810. The van der Waals surface area contributed by atoms with Crippen molar-refractivity contribution >= 4 is 34.6 Å². The van der Waals surface area contributed by atoms with E-state index in [1.807, 2.05) is 24.3 Å². The fourth-order valence-corrected chi connectivity index (χ4v) is 4.63. The van der Waals surface area contributed by atoms with E-state index in [1.54, 1.807) is 0 Å². The molecule has 0 N–H and O–H groups in total. The molecule has 2 heterocycles. The maximum Gasteiger partial charge on any atom is 0.0407 e. The zero-order chi connectivity index (χ0) is 19.3. The minimum Gasteiger partial charge on any atom is -0.372 e. The normalized spacial score (nSPS) is 19.2. The lowest BCUT2D eigenvalue weighted by Crippen LogP contribution is -2.47. The Balaban J connectivity index is 1.17.